The Morgan fingerprint density at radius 1 is 0.680 bits per heavy atom. The lowest BCUT2D eigenvalue weighted by Gasteiger charge is -2.24. The van der Waals surface area contributed by atoms with Crippen LogP contribution in [0.15, 0.2) is 108 Å². The quantitative estimate of drug-likeness (QED) is 0.122. The van der Waals surface area contributed by atoms with E-state index in [4.69, 9.17) is 18.9 Å². The van der Waals surface area contributed by atoms with Gasteiger partial charge in [-0.05, 0) is 85.0 Å². The molecule has 0 saturated carbocycles. The molecule has 2 aliphatic rings. The van der Waals surface area contributed by atoms with Crippen molar-refractivity contribution < 1.29 is 28.5 Å². The summed E-state index contributed by atoms with van der Waals surface area (Å²) in [7, 11) is 3.30. The Bertz CT molecular complexity index is 1890. The molecule has 0 aliphatic heterocycles. The highest BCUT2D eigenvalue weighted by Gasteiger charge is 2.40. The Labute approximate surface area is 303 Å². The van der Waals surface area contributed by atoms with Crippen molar-refractivity contribution in [3.63, 3.8) is 0 Å². The number of halogens is 1. The number of carbonyl (C=O) groups excluding carboxylic acids is 2. The normalized spacial score (nSPS) is 16.5. The van der Waals surface area contributed by atoms with Crippen LogP contribution in [0.3, 0.4) is 0 Å². The molecule has 0 aromatic heterocycles. The predicted molar refractivity (Wildman–Crippen MR) is 202 cm³/mol. The third kappa shape index (κ3) is 7.42. The number of benzene rings is 4. The molecule has 2 aliphatic carbocycles. The van der Waals surface area contributed by atoms with Gasteiger partial charge < -0.3 is 24.3 Å². The summed E-state index contributed by atoms with van der Waals surface area (Å²) in [6.07, 6.45) is 0. The highest BCUT2D eigenvalue weighted by molar-refractivity contribution is 9.09. The maximum absolute atomic E-state index is 13.0. The molecule has 4 aromatic rings. The Hall–Kier alpha value is -4.66. The second-order valence-corrected chi connectivity index (χ2v) is 12.8. The Morgan fingerprint density at radius 2 is 1.14 bits per heavy atom. The summed E-state index contributed by atoms with van der Waals surface area (Å²) in [5, 5.41) is 3.48. The van der Waals surface area contributed by atoms with Crippen LogP contribution in [0, 0.1) is 0 Å². The lowest BCUT2D eigenvalue weighted by atomic mass is 9.88. The minimum atomic E-state index is -0.289. The molecule has 0 amide bonds. The Morgan fingerprint density at radius 3 is 1.62 bits per heavy atom. The third-order valence-corrected chi connectivity index (χ3v) is 9.86. The maximum Gasteiger partial charge on any atom is 0.336 e. The summed E-state index contributed by atoms with van der Waals surface area (Å²) < 4.78 is 21.5. The number of methoxy groups -OCH3 is 2. The number of nitrogens with one attached hydrogen (secondary N) is 1. The van der Waals surface area contributed by atoms with E-state index >= 15 is 0 Å². The van der Waals surface area contributed by atoms with Gasteiger partial charge in [0.2, 0.25) is 0 Å². The summed E-state index contributed by atoms with van der Waals surface area (Å²) in [6, 6.07) is 32.0. The van der Waals surface area contributed by atoms with Crippen LogP contribution in [0.1, 0.15) is 71.8 Å². The molecule has 6 rings (SSSR count). The van der Waals surface area contributed by atoms with Gasteiger partial charge in [-0.25, -0.2) is 9.59 Å². The smallest absolute Gasteiger partial charge is 0.336 e. The van der Waals surface area contributed by atoms with Gasteiger partial charge in [-0.2, -0.15) is 0 Å². The number of likely N-dealkylation sites (N-methyl/N-ethyl adjacent to an activating group) is 1. The fourth-order valence-electron chi connectivity index (χ4n) is 6.78. The Balaban J connectivity index is 0.000000197. The van der Waals surface area contributed by atoms with Crippen LogP contribution in [0.4, 0.5) is 0 Å². The second kappa shape index (κ2) is 16.8. The van der Waals surface area contributed by atoms with E-state index < -0.39 is 0 Å². The first-order chi connectivity index (χ1) is 24.3. The molecule has 1 N–H and O–H groups in total. The molecular weight excluding hydrogens is 694 g/mol. The molecule has 0 spiro atoms. The topological polar surface area (TPSA) is 83.1 Å². The maximum atomic E-state index is 13.0. The van der Waals surface area contributed by atoms with Crippen LogP contribution in [0.5, 0.6) is 11.5 Å². The zero-order chi connectivity index (χ0) is 35.8. The first kappa shape index (κ1) is 36.6. The van der Waals surface area contributed by atoms with Gasteiger partial charge in [0.1, 0.15) is 11.5 Å². The predicted octanol–water partition coefficient (Wildman–Crippen LogP) is 8.67. The molecule has 0 saturated heterocycles. The third-order valence-electron chi connectivity index (χ3n) is 8.91. The van der Waals surface area contributed by atoms with Crippen molar-refractivity contribution in [1.82, 2.24) is 5.32 Å². The minimum Gasteiger partial charge on any atom is -0.497 e. The molecule has 3 unspecified atom stereocenters. The molecule has 8 heteroatoms. The fourth-order valence-corrected chi connectivity index (χ4v) is 7.58. The minimum absolute atomic E-state index is 0.0847. The van der Waals surface area contributed by atoms with Crippen molar-refractivity contribution in [3.05, 3.63) is 142 Å². The van der Waals surface area contributed by atoms with Crippen molar-refractivity contribution in [2.45, 2.75) is 44.5 Å². The van der Waals surface area contributed by atoms with E-state index in [0.717, 1.165) is 68.1 Å². The number of carbonyl (C=O) groups is 2. The van der Waals surface area contributed by atoms with Crippen molar-refractivity contribution in [2.24, 2.45) is 0 Å². The summed E-state index contributed by atoms with van der Waals surface area (Å²) in [5.74, 6) is 0.930. The van der Waals surface area contributed by atoms with Crippen LogP contribution >= 0.6 is 15.9 Å². The zero-order valence-electron chi connectivity index (χ0n) is 29.4. The van der Waals surface area contributed by atoms with Crippen molar-refractivity contribution in [3.8, 4) is 11.5 Å². The fraction of sp³-hybridized carbons (Fsp3) is 0.286. The largest absolute Gasteiger partial charge is 0.497 e. The number of rotatable bonds is 11. The van der Waals surface area contributed by atoms with E-state index in [1.165, 1.54) is 0 Å². The summed E-state index contributed by atoms with van der Waals surface area (Å²) in [4.78, 5) is 25.3. The second-order valence-electron chi connectivity index (χ2n) is 11.8. The van der Waals surface area contributed by atoms with E-state index in [2.05, 4.69) is 35.1 Å². The summed E-state index contributed by atoms with van der Waals surface area (Å²) >= 11 is 3.66. The lowest BCUT2D eigenvalue weighted by molar-refractivity contribution is -0.139. The molecule has 0 bridgehead atoms. The average molecular weight is 739 g/mol. The molecule has 4 aromatic carbocycles. The molecule has 260 valence electrons. The molecule has 7 nitrogen and oxygen atoms in total. The molecule has 0 fully saturated rings. The van der Waals surface area contributed by atoms with E-state index in [-0.39, 0.29) is 28.7 Å². The van der Waals surface area contributed by atoms with E-state index in [1.54, 1.807) is 14.2 Å². The van der Waals surface area contributed by atoms with Crippen LogP contribution in [-0.4, -0.2) is 52.0 Å². The first-order valence-corrected chi connectivity index (χ1v) is 17.9. The number of alkyl halides is 1. The monoisotopic (exact) mass is 737 g/mol. The van der Waals surface area contributed by atoms with E-state index in [0.29, 0.717) is 18.8 Å². The molecular formula is C42H44BrNO6. The van der Waals surface area contributed by atoms with E-state index in [1.807, 2.05) is 111 Å². The zero-order valence-corrected chi connectivity index (χ0v) is 31.0. The van der Waals surface area contributed by atoms with Gasteiger partial charge in [-0.1, -0.05) is 95.7 Å². The molecule has 0 heterocycles. The number of hydrogen-bond donors (Lipinski definition) is 1. The van der Waals surface area contributed by atoms with Crippen molar-refractivity contribution >= 4 is 39.0 Å². The molecule has 50 heavy (non-hydrogen) atoms. The van der Waals surface area contributed by atoms with Crippen LogP contribution < -0.4 is 14.8 Å². The summed E-state index contributed by atoms with van der Waals surface area (Å²) in [5.41, 5.74) is 9.49. The van der Waals surface area contributed by atoms with Gasteiger partial charge >= 0.3 is 11.9 Å². The van der Waals surface area contributed by atoms with Gasteiger partial charge in [0.25, 0.3) is 0 Å². The van der Waals surface area contributed by atoms with Crippen LogP contribution in [-0.2, 0) is 19.1 Å². The highest BCUT2D eigenvalue weighted by Crippen LogP contribution is 2.50. The van der Waals surface area contributed by atoms with Gasteiger partial charge in [0.15, 0.2) is 0 Å². The average Bonchev–Trinajstić information content (AvgIpc) is 3.64. The van der Waals surface area contributed by atoms with Crippen molar-refractivity contribution in [1.29, 1.82) is 0 Å². The SMILES string of the molecule is CCNC(C)C1C(C(=O)OCC)=C(c2ccccc2)c2ccc(OC)cc21.CCOC(=O)C1=C(c2ccccc2)c2ccc(OC)cc2C1Br. The standard InChI is InChI=1S/C23H27NO3.C19H17BrO3/c1-5-24-15(3)20-19-14-17(26-4)12-13-18(19)21(16-10-8-7-9-11-16)22(20)23(25)27-6-2;1-3-23-19(21)17-16(12-7-5-4-6-8-12)14-10-9-13(22-2)11-15(14)18(17)20/h7-15,20,24H,5-6H2,1-4H3;4-11,18H,3H2,1-2H3. The highest BCUT2D eigenvalue weighted by atomic mass is 79.9. The van der Waals surface area contributed by atoms with Gasteiger partial charge in [0.05, 0.1) is 43.4 Å². The first-order valence-electron chi connectivity index (χ1n) is 17.0. The molecule has 0 radical (unpaired) electrons. The number of ether oxygens (including phenoxy) is 4. The van der Waals surface area contributed by atoms with Gasteiger partial charge in [-0.3, -0.25) is 0 Å². The van der Waals surface area contributed by atoms with Gasteiger partial charge in [-0.15, -0.1) is 0 Å². The Kier molecular flexibility index (Phi) is 12.3. The van der Waals surface area contributed by atoms with E-state index in [9.17, 15) is 9.59 Å². The lowest BCUT2D eigenvalue weighted by Crippen LogP contribution is -2.34. The summed E-state index contributed by atoms with van der Waals surface area (Å²) in [6.45, 7) is 9.38. The van der Waals surface area contributed by atoms with Crippen LogP contribution in [0.2, 0.25) is 0 Å². The van der Waals surface area contributed by atoms with Gasteiger partial charge in [0, 0.05) is 23.1 Å². The van der Waals surface area contributed by atoms with Crippen LogP contribution in [0.25, 0.3) is 11.1 Å². The number of fused-ring (bicyclic) bond motifs is 2. The number of esters is 2. The van der Waals surface area contributed by atoms with Crippen molar-refractivity contribution in [2.75, 3.05) is 34.0 Å². The molecule has 3 atom stereocenters. The number of hydrogen-bond acceptors (Lipinski definition) is 7.